The minimum atomic E-state index is -0.125. The number of benzene rings is 1. The van der Waals surface area contributed by atoms with Crippen LogP contribution in [0.3, 0.4) is 0 Å². The molecule has 110 valence electrons. The average Bonchev–Trinajstić information content (AvgIpc) is 2.80. The molecular weight excluding hydrogens is 252 g/mol. The van der Waals surface area contributed by atoms with Crippen LogP contribution in [0, 0.1) is 0 Å². The van der Waals surface area contributed by atoms with Crippen molar-refractivity contribution < 1.29 is 9.15 Å². The fourth-order valence-electron chi connectivity index (χ4n) is 2.37. The molecule has 2 aromatic rings. The molecule has 0 aliphatic rings. The summed E-state index contributed by atoms with van der Waals surface area (Å²) in [7, 11) is 1.75. The predicted molar refractivity (Wildman–Crippen MR) is 82.2 cm³/mol. The van der Waals surface area contributed by atoms with Gasteiger partial charge in [0, 0.05) is 25.3 Å². The molecule has 1 unspecified atom stereocenters. The van der Waals surface area contributed by atoms with Crippen molar-refractivity contribution in [3.8, 4) is 0 Å². The van der Waals surface area contributed by atoms with Crippen LogP contribution in [-0.4, -0.2) is 23.7 Å². The van der Waals surface area contributed by atoms with Gasteiger partial charge in [0.1, 0.15) is 5.52 Å². The van der Waals surface area contributed by atoms with Gasteiger partial charge in [-0.05, 0) is 45.4 Å². The molecule has 4 heteroatoms. The maximum absolute atomic E-state index is 5.62. The highest BCUT2D eigenvalue weighted by Gasteiger charge is 2.20. The van der Waals surface area contributed by atoms with Gasteiger partial charge in [0.2, 0.25) is 0 Å². The summed E-state index contributed by atoms with van der Waals surface area (Å²) < 4.78 is 11.1. The second-order valence-corrected chi connectivity index (χ2v) is 5.86. The molecule has 0 aliphatic carbocycles. The number of aromatic nitrogens is 1. The molecule has 0 saturated heterocycles. The van der Waals surface area contributed by atoms with Crippen LogP contribution in [-0.2, 0) is 11.2 Å². The lowest BCUT2D eigenvalue weighted by Crippen LogP contribution is -2.31. The molecule has 0 radical (unpaired) electrons. The Hall–Kier alpha value is -1.55. The Morgan fingerprint density at radius 2 is 2.15 bits per heavy atom. The van der Waals surface area contributed by atoms with E-state index in [1.807, 2.05) is 25.1 Å². The quantitative estimate of drug-likeness (QED) is 0.866. The first-order valence-corrected chi connectivity index (χ1v) is 7.14. The van der Waals surface area contributed by atoms with E-state index in [-0.39, 0.29) is 5.60 Å². The van der Waals surface area contributed by atoms with Gasteiger partial charge in [0.05, 0.1) is 5.60 Å². The summed E-state index contributed by atoms with van der Waals surface area (Å²) in [6.07, 6.45) is 1.75. The van der Waals surface area contributed by atoms with Gasteiger partial charge in [-0.2, -0.15) is 0 Å². The summed E-state index contributed by atoms with van der Waals surface area (Å²) in [5, 5.41) is 3.49. The van der Waals surface area contributed by atoms with Crippen LogP contribution in [0.5, 0.6) is 0 Å². The summed E-state index contributed by atoms with van der Waals surface area (Å²) in [6.45, 7) is 8.39. The van der Waals surface area contributed by atoms with E-state index in [1.54, 1.807) is 7.11 Å². The molecule has 1 aromatic carbocycles. The summed E-state index contributed by atoms with van der Waals surface area (Å²) >= 11 is 0. The zero-order valence-electron chi connectivity index (χ0n) is 13.0. The van der Waals surface area contributed by atoms with E-state index in [2.05, 4.69) is 31.1 Å². The topological polar surface area (TPSA) is 47.3 Å². The standard InChI is InChI=1S/C16H24N2O2/c1-6-15-18-13-9-12(7-8-14(13)20-15)17-11(2)10-16(3,4)19-5/h7-9,11,17H,6,10H2,1-5H3. The number of oxazole rings is 1. The van der Waals surface area contributed by atoms with Crippen LogP contribution < -0.4 is 5.32 Å². The van der Waals surface area contributed by atoms with Gasteiger partial charge in [-0.3, -0.25) is 0 Å². The first kappa shape index (κ1) is 14.9. The van der Waals surface area contributed by atoms with Crippen molar-refractivity contribution in [3.05, 3.63) is 24.1 Å². The lowest BCUT2D eigenvalue weighted by Gasteiger charge is -2.27. The van der Waals surface area contributed by atoms with Crippen LogP contribution in [0.4, 0.5) is 5.69 Å². The molecule has 0 saturated carbocycles. The zero-order valence-corrected chi connectivity index (χ0v) is 13.0. The van der Waals surface area contributed by atoms with Gasteiger partial charge in [-0.15, -0.1) is 0 Å². The highest BCUT2D eigenvalue weighted by atomic mass is 16.5. The van der Waals surface area contributed by atoms with Crippen LogP contribution in [0.1, 0.15) is 40.0 Å². The second kappa shape index (κ2) is 5.83. The molecule has 0 aliphatic heterocycles. The number of aryl methyl sites for hydroxylation is 1. The highest BCUT2D eigenvalue weighted by molar-refractivity contribution is 5.77. The van der Waals surface area contributed by atoms with Crippen LogP contribution in [0.25, 0.3) is 11.1 Å². The molecule has 1 aromatic heterocycles. The van der Waals surface area contributed by atoms with E-state index in [9.17, 15) is 0 Å². The molecule has 0 amide bonds. The molecular formula is C16H24N2O2. The predicted octanol–water partition coefficient (Wildman–Crippen LogP) is 4.01. The smallest absolute Gasteiger partial charge is 0.195 e. The van der Waals surface area contributed by atoms with Crippen LogP contribution >= 0.6 is 0 Å². The van der Waals surface area contributed by atoms with E-state index in [0.29, 0.717) is 6.04 Å². The Balaban J connectivity index is 2.09. The van der Waals surface area contributed by atoms with Crippen molar-refractivity contribution in [2.75, 3.05) is 12.4 Å². The van der Waals surface area contributed by atoms with E-state index in [0.717, 1.165) is 35.5 Å². The molecule has 0 bridgehead atoms. The third-order valence-corrected chi connectivity index (χ3v) is 3.50. The largest absolute Gasteiger partial charge is 0.441 e. The van der Waals surface area contributed by atoms with E-state index < -0.39 is 0 Å². The van der Waals surface area contributed by atoms with Crippen molar-refractivity contribution >= 4 is 16.8 Å². The molecule has 1 heterocycles. The maximum atomic E-state index is 5.62. The molecule has 0 fully saturated rings. The minimum Gasteiger partial charge on any atom is -0.441 e. The van der Waals surface area contributed by atoms with Gasteiger partial charge in [0.15, 0.2) is 11.5 Å². The fourth-order valence-corrected chi connectivity index (χ4v) is 2.37. The monoisotopic (exact) mass is 276 g/mol. The first-order chi connectivity index (χ1) is 9.43. The number of methoxy groups -OCH3 is 1. The lowest BCUT2D eigenvalue weighted by molar-refractivity contribution is 0.0128. The van der Waals surface area contributed by atoms with Crippen molar-refractivity contribution in [1.82, 2.24) is 4.98 Å². The summed E-state index contributed by atoms with van der Waals surface area (Å²) in [5.74, 6) is 0.783. The maximum Gasteiger partial charge on any atom is 0.195 e. The summed E-state index contributed by atoms with van der Waals surface area (Å²) in [4.78, 5) is 4.46. The average molecular weight is 276 g/mol. The van der Waals surface area contributed by atoms with Gasteiger partial charge < -0.3 is 14.5 Å². The number of rotatable bonds is 6. The number of ether oxygens (including phenoxy) is 1. The van der Waals surface area contributed by atoms with Crippen molar-refractivity contribution in [2.24, 2.45) is 0 Å². The van der Waals surface area contributed by atoms with Crippen molar-refractivity contribution in [3.63, 3.8) is 0 Å². The normalized spacial score (nSPS) is 13.7. The van der Waals surface area contributed by atoms with Crippen molar-refractivity contribution in [1.29, 1.82) is 0 Å². The first-order valence-electron chi connectivity index (χ1n) is 7.14. The summed E-state index contributed by atoms with van der Waals surface area (Å²) in [5.41, 5.74) is 2.69. The van der Waals surface area contributed by atoms with E-state index in [1.165, 1.54) is 0 Å². The van der Waals surface area contributed by atoms with Crippen LogP contribution in [0.2, 0.25) is 0 Å². The molecule has 1 atom stereocenters. The Kier molecular flexibility index (Phi) is 4.33. The highest BCUT2D eigenvalue weighted by Crippen LogP contribution is 2.23. The van der Waals surface area contributed by atoms with E-state index in [4.69, 9.17) is 9.15 Å². The molecule has 1 N–H and O–H groups in total. The Labute approximate surface area is 120 Å². The summed E-state index contributed by atoms with van der Waals surface area (Å²) in [6, 6.07) is 6.36. The van der Waals surface area contributed by atoms with Gasteiger partial charge in [-0.25, -0.2) is 4.98 Å². The Morgan fingerprint density at radius 3 is 2.80 bits per heavy atom. The van der Waals surface area contributed by atoms with Crippen molar-refractivity contribution in [2.45, 2.75) is 52.2 Å². The number of hydrogen-bond donors (Lipinski definition) is 1. The molecule has 4 nitrogen and oxygen atoms in total. The van der Waals surface area contributed by atoms with Gasteiger partial charge in [-0.1, -0.05) is 6.92 Å². The second-order valence-electron chi connectivity index (χ2n) is 5.86. The third kappa shape index (κ3) is 3.51. The molecule has 20 heavy (non-hydrogen) atoms. The number of hydrogen-bond acceptors (Lipinski definition) is 4. The van der Waals surface area contributed by atoms with Crippen LogP contribution in [0.15, 0.2) is 22.6 Å². The fraction of sp³-hybridized carbons (Fsp3) is 0.562. The number of fused-ring (bicyclic) bond motifs is 1. The van der Waals surface area contributed by atoms with E-state index >= 15 is 0 Å². The van der Waals surface area contributed by atoms with Gasteiger partial charge in [0.25, 0.3) is 0 Å². The SMILES string of the molecule is CCc1nc2cc(NC(C)CC(C)(C)OC)ccc2o1. The Bertz CT molecular complexity index is 575. The lowest BCUT2D eigenvalue weighted by atomic mass is 9.99. The number of anilines is 1. The minimum absolute atomic E-state index is 0.125. The number of nitrogens with zero attached hydrogens (tertiary/aromatic N) is 1. The number of nitrogens with one attached hydrogen (secondary N) is 1. The third-order valence-electron chi connectivity index (χ3n) is 3.50. The van der Waals surface area contributed by atoms with Gasteiger partial charge >= 0.3 is 0 Å². The molecule has 0 spiro atoms. The Morgan fingerprint density at radius 1 is 1.40 bits per heavy atom. The zero-order chi connectivity index (χ0) is 14.8. The molecule has 2 rings (SSSR count).